The first-order valence-electron chi connectivity index (χ1n) is 7.88. The summed E-state index contributed by atoms with van der Waals surface area (Å²) >= 11 is 0. The second kappa shape index (κ2) is 5.74. The Labute approximate surface area is 121 Å². The van der Waals surface area contributed by atoms with Crippen LogP contribution in [0.4, 0.5) is 0 Å². The number of rotatable bonds is 5. The first-order chi connectivity index (χ1) is 9.35. The normalized spacial score (nSPS) is 33.5. The van der Waals surface area contributed by atoms with E-state index in [2.05, 4.69) is 26.1 Å². The molecule has 2 aliphatic carbocycles. The van der Waals surface area contributed by atoms with Crippen molar-refractivity contribution in [2.75, 3.05) is 0 Å². The second-order valence-electron chi connectivity index (χ2n) is 7.19. The van der Waals surface area contributed by atoms with Crippen LogP contribution in [-0.4, -0.2) is 23.0 Å². The third kappa shape index (κ3) is 3.33. The Morgan fingerprint density at radius 2 is 1.75 bits per heavy atom. The molecule has 20 heavy (non-hydrogen) atoms. The van der Waals surface area contributed by atoms with Gasteiger partial charge in [-0.3, -0.25) is 9.59 Å². The van der Waals surface area contributed by atoms with Crippen molar-refractivity contribution < 1.29 is 14.7 Å². The van der Waals surface area contributed by atoms with Gasteiger partial charge in [0.05, 0.1) is 11.8 Å². The summed E-state index contributed by atoms with van der Waals surface area (Å²) in [6.45, 7) is 6.91. The van der Waals surface area contributed by atoms with Crippen molar-refractivity contribution in [1.82, 2.24) is 5.32 Å². The second-order valence-corrected chi connectivity index (χ2v) is 7.19. The largest absolute Gasteiger partial charge is 0.481 e. The highest BCUT2D eigenvalue weighted by molar-refractivity contribution is 5.89. The molecule has 0 heterocycles. The van der Waals surface area contributed by atoms with Crippen molar-refractivity contribution in [3.8, 4) is 0 Å². The van der Waals surface area contributed by atoms with Gasteiger partial charge in [-0.2, -0.15) is 0 Å². The predicted molar refractivity (Wildman–Crippen MR) is 77.2 cm³/mol. The van der Waals surface area contributed by atoms with E-state index in [-0.39, 0.29) is 17.9 Å². The third-order valence-corrected chi connectivity index (χ3v) is 5.53. The van der Waals surface area contributed by atoms with Crippen LogP contribution in [0.15, 0.2) is 0 Å². The number of hydrogen-bond acceptors (Lipinski definition) is 2. The maximum absolute atomic E-state index is 11.9. The molecule has 0 saturated heterocycles. The molecular formula is C16H27NO3. The molecule has 114 valence electrons. The molecule has 0 bridgehead atoms. The lowest BCUT2D eigenvalue weighted by Crippen LogP contribution is -2.40. The predicted octanol–water partition coefficient (Wildman–Crippen LogP) is 2.82. The fourth-order valence-electron chi connectivity index (χ4n) is 3.37. The summed E-state index contributed by atoms with van der Waals surface area (Å²) in [5.41, 5.74) is 0.389. The van der Waals surface area contributed by atoms with Crippen molar-refractivity contribution in [1.29, 1.82) is 0 Å². The van der Waals surface area contributed by atoms with Crippen LogP contribution >= 0.6 is 0 Å². The number of carbonyl (C=O) groups excluding carboxylic acids is 1. The van der Waals surface area contributed by atoms with Gasteiger partial charge in [0, 0.05) is 6.04 Å². The maximum atomic E-state index is 11.9. The highest BCUT2D eigenvalue weighted by Crippen LogP contribution is 2.41. The van der Waals surface area contributed by atoms with Gasteiger partial charge in [-0.1, -0.05) is 27.2 Å². The van der Waals surface area contributed by atoms with Crippen LogP contribution < -0.4 is 5.32 Å². The molecule has 1 amide bonds. The zero-order chi connectivity index (χ0) is 14.9. The van der Waals surface area contributed by atoms with Gasteiger partial charge < -0.3 is 10.4 Å². The lowest BCUT2D eigenvalue weighted by atomic mass is 9.69. The first kappa shape index (κ1) is 15.3. The summed E-state index contributed by atoms with van der Waals surface area (Å²) in [4.78, 5) is 22.7. The molecule has 2 fully saturated rings. The SMILES string of the molecule is CCC(C)(C)C1CCC(NC(=O)C2CC2C(=O)O)CC1. The van der Waals surface area contributed by atoms with E-state index in [0.717, 1.165) is 18.8 Å². The molecule has 4 heteroatoms. The molecule has 2 rings (SSSR count). The Kier molecular flexibility index (Phi) is 4.40. The fraction of sp³-hybridized carbons (Fsp3) is 0.875. The minimum absolute atomic E-state index is 0.0457. The summed E-state index contributed by atoms with van der Waals surface area (Å²) in [5, 5.41) is 11.9. The molecule has 2 aliphatic rings. The quantitative estimate of drug-likeness (QED) is 0.814. The van der Waals surface area contributed by atoms with Gasteiger partial charge in [-0.25, -0.2) is 0 Å². The van der Waals surface area contributed by atoms with Gasteiger partial charge in [0.1, 0.15) is 0 Å². The van der Waals surface area contributed by atoms with Gasteiger partial charge in [0.15, 0.2) is 0 Å². The van der Waals surface area contributed by atoms with Crippen molar-refractivity contribution in [3.63, 3.8) is 0 Å². The Morgan fingerprint density at radius 1 is 1.15 bits per heavy atom. The Balaban J connectivity index is 1.75. The van der Waals surface area contributed by atoms with Crippen LogP contribution in [0.1, 0.15) is 59.3 Å². The number of aliphatic carboxylic acids is 1. The highest BCUT2D eigenvalue weighted by Gasteiger charge is 2.48. The van der Waals surface area contributed by atoms with Crippen molar-refractivity contribution >= 4 is 11.9 Å². The number of amides is 1. The van der Waals surface area contributed by atoms with E-state index < -0.39 is 11.9 Å². The van der Waals surface area contributed by atoms with Crippen LogP contribution in [0.5, 0.6) is 0 Å². The average Bonchev–Trinajstić information content (AvgIpc) is 3.20. The molecular weight excluding hydrogens is 254 g/mol. The third-order valence-electron chi connectivity index (χ3n) is 5.53. The summed E-state index contributed by atoms with van der Waals surface area (Å²) in [5.74, 6) is -0.856. The van der Waals surface area contributed by atoms with Gasteiger partial charge in [0.25, 0.3) is 0 Å². The van der Waals surface area contributed by atoms with E-state index in [9.17, 15) is 9.59 Å². The molecule has 2 unspecified atom stereocenters. The molecule has 0 spiro atoms. The molecule has 0 aromatic rings. The number of carboxylic acid groups (broad SMARTS) is 1. The van der Waals surface area contributed by atoms with E-state index in [0.29, 0.717) is 11.8 Å². The molecule has 0 aromatic heterocycles. The topological polar surface area (TPSA) is 66.4 Å². The van der Waals surface area contributed by atoms with Crippen LogP contribution in [0.2, 0.25) is 0 Å². The molecule has 2 N–H and O–H groups in total. The van der Waals surface area contributed by atoms with Crippen molar-refractivity contribution in [2.24, 2.45) is 23.2 Å². The summed E-state index contributed by atoms with van der Waals surface area (Å²) in [7, 11) is 0. The summed E-state index contributed by atoms with van der Waals surface area (Å²) < 4.78 is 0. The lowest BCUT2D eigenvalue weighted by molar-refractivity contribution is -0.140. The standard InChI is InChI=1S/C16H27NO3/c1-4-16(2,3)10-5-7-11(8-6-10)17-14(18)12-9-13(12)15(19)20/h10-13H,4-9H2,1-3H3,(H,17,18)(H,19,20). The van der Waals surface area contributed by atoms with Crippen LogP contribution in [0, 0.1) is 23.2 Å². The molecule has 0 aromatic carbocycles. The fourth-order valence-corrected chi connectivity index (χ4v) is 3.37. The Hall–Kier alpha value is -1.06. The zero-order valence-electron chi connectivity index (χ0n) is 12.8. The Morgan fingerprint density at radius 3 is 2.20 bits per heavy atom. The molecule has 2 saturated carbocycles. The number of carbonyl (C=O) groups is 2. The molecule has 0 aliphatic heterocycles. The smallest absolute Gasteiger partial charge is 0.307 e. The maximum Gasteiger partial charge on any atom is 0.307 e. The summed E-state index contributed by atoms with van der Waals surface area (Å²) in [6.07, 6.45) is 6.10. The van der Waals surface area contributed by atoms with Gasteiger partial charge in [-0.15, -0.1) is 0 Å². The van der Waals surface area contributed by atoms with Crippen molar-refractivity contribution in [3.05, 3.63) is 0 Å². The summed E-state index contributed by atoms with van der Waals surface area (Å²) in [6, 6.07) is 0.251. The minimum atomic E-state index is -0.835. The average molecular weight is 281 g/mol. The number of carboxylic acids is 1. The molecule has 4 nitrogen and oxygen atoms in total. The monoisotopic (exact) mass is 281 g/mol. The van der Waals surface area contributed by atoms with E-state index in [1.165, 1.54) is 19.3 Å². The number of nitrogens with one attached hydrogen (secondary N) is 1. The van der Waals surface area contributed by atoms with Crippen molar-refractivity contribution in [2.45, 2.75) is 65.3 Å². The van der Waals surface area contributed by atoms with E-state index in [4.69, 9.17) is 5.11 Å². The zero-order valence-corrected chi connectivity index (χ0v) is 12.8. The van der Waals surface area contributed by atoms with Crippen LogP contribution in [-0.2, 0) is 9.59 Å². The van der Waals surface area contributed by atoms with Gasteiger partial charge in [0.2, 0.25) is 5.91 Å². The minimum Gasteiger partial charge on any atom is -0.481 e. The highest BCUT2D eigenvalue weighted by atomic mass is 16.4. The van der Waals surface area contributed by atoms with Crippen LogP contribution in [0.25, 0.3) is 0 Å². The molecule has 0 radical (unpaired) electrons. The van der Waals surface area contributed by atoms with Gasteiger partial charge >= 0.3 is 5.97 Å². The van der Waals surface area contributed by atoms with E-state index in [1.807, 2.05) is 0 Å². The van der Waals surface area contributed by atoms with E-state index in [1.54, 1.807) is 0 Å². The van der Waals surface area contributed by atoms with Crippen LogP contribution in [0.3, 0.4) is 0 Å². The van der Waals surface area contributed by atoms with E-state index >= 15 is 0 Å². The molecule has 2 atom stereocenters. The first-order valence-corrected chi connectivity index (χ1v) is 7.88. The van der Waals surface area contributed by atoms with Gasteiger partial charge in [-0.05, 0) is 43.4 Å². The number of hydrogen-bond donors (Lipinski definition) is 2. The lowest BCUT2D eigenvalue weighted by Gasteiger charge is -2.39. The Bertz CT molecular complexity index is 383.